The normalized spacial score (nSPS) is 25.7. The van der Waals surface area contributed by atoms with Gasteiger partial charge in [0.25, 0.3) is 0 Å². The summed E-state index contributed by atoms with van der Waals surface area (Å²) in [4.78, 5) is 17.5. The van der Waals surface area contributed by atoms with Crippen molar-refractivity contribution in [2.24, 2.45) is 5.92 Å². The van der Waals surface area contributed by atoms with Gasteiger partial charge in [-0.3, -0.25) is 9.69 Å². The van der Waals surface area contributed by atoms with Crippen LogP contribution in [0.5, 0.6) is 0 Å². The molecule has 0 spiro atoms. The molecule has 2 heterocycles. The Morgan fingerprint density at radius 2 is 2.00 bits per heavy atom. The Morgan fingerprint density at radius 3 is 2.78 bits per heavy atom. The van der Waals surface area contributed by atoms with Crippen LogP contribution in [0.2, 0.25) is 0 Å². The quantitative estimate of drug-likeness (QED) is 0.904. The SMILES string of the molecule is CNC[C@@H]1CCN(C(=O)[C@@H]2CCCCN2Cc2ccccc2)C1. The van der Waals surface area contributed by atoms with Gasteiger partial charge in [0.2, 0.25) is 5.91 Å². The molecule has 1 aromatic carbocycles. The molecule has 3 rings (SSSR count). The van der Waals surface area contributed by atoms with E-state index in [2.05, 4.69) is 45.4 Å². The zero-order valence-electron chi connectivity index (χ0n) is 14.2. The van der Waals surface area contributed by atoms with Crippen molar-refractivity contribution in [3.05, 3.63) is 35.9 Å². The number of nitrogens with zero attached hydrogens (tertiary/aromatic N) is 2. The Morgan fingerprint density at radius 1 is 1.17 bits per heavy atom. The molecule has 0 unspecified atom stereocenters. The van der Waals surface area contributed by atoms with Gasteiger partial charge in [-0.25, -0.2) is 0 Å². The summed E-state index contributed by atoms with van der Waals surface area (Å²) in [6, 6.07) is 10.6. The van der Waals surface area contributed by atoms with Crippen LogP contribution >= 0.6 is 0 Å². The van der Waals surface area contributed by atoms with Crippen molar-refractivity contribution in [3.8, 4) is 0 Å². The molecule has 23 heavy (non-hydrogen) atoms. The van der Waals surface area contributed by atoms with Gasteiger partial charge in [0.15, 0.2) is 0 Å². The van der Waals surface area contributed by atoms with Crippen LogP contribution in [-0.2, 0) is 11.3 Å². The lowest BCUT2D eigenvalue weighted by molar-refractivity contribution is -0.137. The summed E-state index contributed by atoms with van der Waals surface area (Å²) in [6.07, 6.45) is 4.53. The fraction of sp³-hybridized carbons (Fsp3) is 0.632. The summed E-state index contributed by atoms with van der Waals surface area (Å²) in [7, 11) is 1.99. The maximum Gasteiger partial charge on any atom is 0.239 e. The average Bonchev–Trinajstić information content (AvgIpc) is 3.05. The molecule has 0 radical (unpaired) electrons. The zero-order valence-corrected chi connectivity index (χ0v) is 14.2. The molecule has 2 saturated heterocycles. The van der Waals surface area contributed by atoms with Gasteiger partial charge in [0.05, 0.1) is 6.04 Å². The van der Waals surface area contributed by atoms with Crippen LogP contribution in [-0.4, -0.2) is 55.0 Å². The molecule has 126 valence electrons. The first kappa shape index (κ1) is 16.5. The molecule has 0 saturated carbocycles. The molecule has 1 aromatic rings. The van der Waals surface area contributed by atoms with Gasteiger partial charge in [-0.15, -0.1) is 0 Å². The van der Waals surface area contributed by atoms with E-state index < -0.39 is 0 Å². The molecule has 2 atom stereocenters. The van der Waals surface area contributed by atoms with Crippen LogP contribution < -0.4 is 5.32 Å². The van der Waals surface area contributed by atoms with Gasteiger partial charge < -0.3 is 10.2 Å². The minimum atomic E-state index is 0.0808. The van der Waals surface area contributed by atoms with Crippen LogP contribution in [0.15, 0.2) is 30.3 Å². The van der Waals surface area contributed by atoms with E-state index in [0.717, 1.165) is 45.6 Å². The van der Waals surface area contributed by atoms with E-state index in [1.165, 1.54) is 18.4 Å². The average molecular weight is 315 g/mol. The topological polar surface area (TPSA) is 35.6 Å². The van der Waals surface area contributed by atoms with Crippen molar-refractivity contribution in [1.82, 2.24) is 15.1 Å². The maximum atomic E-state index is 13.0. The first-order chi connectivity index (χ1) is 11.3. The number of carbonyl (C=O) groups excluding carboxylic acids is 1. The van der Waals surface area contributed by atoms with Crippen LogP contribution in [0.3, 0.4) is 0 Å². The molecular formula is C19H29N3O. The number of hydrogen-bond acceptors (Lipinski definition) is 3. The number of carbonyl (C=O) groups is 1. The Balaban J connectivity index is 1.63. The number of benzene rings is 1. The van der Waals surface area contributed by atoms with Crippen molar-refractivity contribution in [3.63, 3.8) is 0 Å². The van der Waals surface area contributed by atoms with Gasteiger partial charge in [-0.2, -0.15) is 0 Å². The third-order valence-corrected chi connectivity index (χ3v) is 5.22. The Kier molecular flexibility index (Phi) is 5.68. The molecule has 0 aromatic heterocycles. The second-order valence-corrected chi connectivity index (χ2v) is 6.96. The van der Waals surface area contributed by atoms with Crippen molar-refractivity contribution >= 4 is 5.91 Å². The summed E-state index contributed by atoms with van der Waals surface area (Å²) in [5.74, 6) is 0.981. The summed E-state index contributed by atoms with van der Waals surface area (Å²) >= 11 is 0. The predicted octanol–water partition coefficient (Wildman–Crippen LogP) is 2.11. The lowest BCUT2D eigenvalue weighted by Crippen LogP contribution is -2.50. The van der Waals surface area contributed by atoms with Crippen LogP contribution in [0.4, 0.5) is 0 Å². The fourth-order valence-corrected chi connectivity index (χ4v) is 3.98. The lowest BCUT2D eigenvalue weighted by atomic mass is 10.00. The molecule has 2 fully saturated rings. The Bertz CT molecular complexity index is 505. The smallest absolute Gasteiger partial charge is 0.239 e. The van der Waals surface area contributed by atoms with Gasteiger partial charge in [-0.1, -0.05) is 36.8 Å². The number of amides is 1. The van der Waals surface area contributed by atoms with Gasteiger partial charge in [0, 0.05) is 19.6 Å². The van der Waals surface area contributed by atoms with Crippen LogP contribution in [0.1, 0.15) is 31.2 Å². The highest BCUT2D eigenvalue weighted by atomic mass is 16.2. The summed E-state index contributed by atoms with van der Waals surface area (Å²) < 4.78 is 0. The molecule has 2 aliphatic rings. The van der Waals surface area contributed by atoms with Crippen molar-refractivity contribution in [2.75, 3.05) is 33.2 Å². The lowest BCUT2D eigenvalue weighted by Gasteiger charge is -2.36. The van der Waals surface area contributed by atoms with E-state index in [4.69, 9.17) is 0 Å². The van der Waals surface area contributed by atoms with Gasteiger partial charge >= 0.3 is 0 Å². The van der Waals surface area contributed by atoms with Crippen LogP contribution in [0.25, 0.3) is 0 Å². The van der Waals surface area contributed by atoms with E-state index >= 15 is 0 Å². The molecular weight excluding hydrogens is 286 g/mol. The van der Waals surface area contributed by atoms with E-state index in [9.17, 15) is 4.79 Å². The van der Waals surface area contributed by atoms with E-state index in [1.807, 2.05) is 7.05 Å². The largest absolute Gasteiger partial charge is 0.341 e. The summed E-state index contributed by atoms with van der Waals surface area (Å²) in [5, 5.41) is 3.24. The van der Waals surface area contributed by atoms with E-state index in [-0.39, 0.29) is 6.04 Å². The molecule has 4 heteroatoms. The molecule has 1 amide bonds. The highest BCUT2D eigenvalue weighted by Crippen LogP contribution is 2.24. The Labute approximate surface area is 139 Å². The first-order valence-electron chi connectivity index (χ1n) is 8.99. The van der Waals surface area contributed by atoms with E-state index in [1.54, 1.807) is 0 Å². The van der Waals surface area contributed by atoms with Crippen molar-refractivity contribution in [1.29, 1.82) is 0 Å². The van der Waals surface area contributed by atoms with E-state index in [0.29, 0.717) is 11.8 Å². The molecule has 2 aliphatic heterocycles. The highest BCUT2D eigenvalue weighted by molar-refractivity contribution is 5.82. The van der Waals surface area contributed by atoms with Crippen molar-refractivity contribution in [2.45, 2.75) is 38.3 Å². The second kappa shape index (κ2) is 7.93. The van der Waals surface area contributed by atoms with Gasteiger partial charge in [-0.05, 0) is 50.9 Å². The molecule has 0 bridgehead atoms. The second-order valence-electron chi connectivity index (χ2n) is 6.96. The molecule has 1 N–H and O–H groups in total. The van der Waals surface area contributed by atoms with Crippen LogP contribution in [0, 0.1) is 5.92 Å². The molecule has 4 nitrogen and oxygen atoms in total. The third-order valence-electron chi connectivity index (χ3n) is 5.22. The Hall–Kier alpha value is -1.39. The first-order valence-corrected chi connectivity index (χ1v) is 8.99. The highest BCUT2D eigenvalue weighted by Gasteiger charge is 2.34. The number of hydrogen-bond donors (Lipinski definition) is 1. The fourth-order valence-electron chi connectivity index (χ4n) is 3.98. The van der Waals surface area contributed by atoms with Crippen molar-refractivity contribution < 1.29 is 4.79 Å². The minimum Gasteiger partial charge on any atom is -0.341 e. The predicted molar refractivity (Wildman–Crippen MR) is 93.1 cm³/mol. The zero-order chi connectivity index (χ0) is 16.1. The minimum absolute atomic E-state index is 0.0808. The molecule has 0 aliphatic carbocycles. The monoisotopic (exact) mass is 315 g/mol. The number of likely N-dealkylation sites (tertiary alicyclic amines) is 2. The number of nitrogens with one attached hydrogen (secondary N) is 1. The third kappa shape index (κ3) is 4.12. The summed E-state index contributed by atoms with van der Waals surface area (Å²) in [6.45, 7) is 4.81. The van der Waals surface area contributed by atoms with Gasteiger partial charge in [0.1, 0.15) is 0 Å². The standard InChI is InChI=1S/C19H29N3O/c1-20-13-17-10-12-22(15-17)19(23)18-9-5-6-11-21(18)14-16-7-3-2-4-8-16/h2-4,7-8,17-18,20H,5-6,9-15H2,1H3/t17-,18-/m0/s1. The number of rotatable bonds is 5. The summed E-state index contributed by atoms with van der Waals surface area (Å²) in [5.41, 5.74) is 1.31. The maximum absolute atomic E-state index is 13.0. The number of piperidine rings is 1.